The molecule has 42 heavy (non-hydrogen) atoms. The predicted molar refractivity (Wildman–Crippen MR) is 166 cm³/mol. The van der Waals surface area contributed by atoms with E-state index in [9.17, 15) is 0 Å². The molecule has 0 saturated heterocycles. The van der Waals surface area contributed by atoms with Crippen molar-refractivity contribution in [3.63, 3.8) is 0 Å². The Hall–Kier alpha value is -5.81. The maximum atomic E-state index is 6.33. The van der Waals surface area contributed by atoms with Crippen LogP contribution in [0.4, 0.5) is 0 Å². The SMILES string of the molecule is c1ccc(-c2nc(-c3ccc4c(c3)-c3cccc5cccc(c35)O4)nc(-c3ccc4c(c3)oc3ccccc34)n2)cc1. The Morgan fingerprint density at radius 3 is 1.98 bits per heavy atom. The highest BCUT2D eigenvalue weighted by Crippen LogP contribution is 2.47. The Morgan fingerprint density at radius 2 is 1.12 bits per heavy atom. The molecule has 8 aromatic rings. The first-order chi connectivity index (χ1) is 20.8. The van der Waals surface area contributed by atoms with Crippen molar-refractivity contribution in [3.8, 4) is 56.8 Å². The molecule has 0 atom stereocenters. The Labute approximate surface area is 240 Å². The van der Waals surface area contributed by atoms with Crippen LogP contribution < -0.4 is 4.74 Å². The molecule has 5 nitrogen and oxygen atoms in total. The van der Waals surface area contributed by atoms with E-state index in [0.717, 1.165) is 72.0 Å². The summed E-state index contributed by atoms with van der Waals surface area (Å²) in [6.07, 6.45) is 0. The predicted octanol–water partition coefficient (Wildman–Crippen LogP) is 9.70. The molecular formula is C37H21N3O2. The zero-order valence-electron chi connectivity index (χ0n) is 22.3. The van der Waals surface area contributed by atoms with Crippen LogP contribution in [0.3, 0.4) is 0 Å². The molecule has 0 N–H and O–H groups in total. The number of rotatable bonds is 3. The first-order valence-corrected chi connectivity index (χ1v) is 13.9. The summed E-state index contributed by atoms with van der Waals surface area (Å²) in [6, 6.07) is 42.9. The second kappa shape index (κ2) is 8.85. The molecule has 196 valence electrons. The van der Waals surface area contributed by atoms with Crippen molar-refractivity contribution in [2.75, 3.05) is 0 Å². The summed E-state index contributed by atoms with van der Waals surface area (Å²) in [5, 5.41) is 4.42. The summed E-state index contributed by atoms with van der Waals surface area (Å²) < 4.78 is 12.5. The second-order valence-corrected chi connectivity index (χ2v) is 10.5. The average molecular weight is 540 g/mol. The maximum Gasteiger partial charge on any atom is 0.164 e. The fourth-order valence-corrected chi connectivity index (χ4v) is 5.92. The molecule has 0 bridgehead atoms. The maximum absolute atomic E-state index is 6.33. The number of para-hydroxylation sites is 1. The number of nitrogens with zero attached hydrogens (tertiary/aromatic N) is 3. The highest BCUT2D eigenvalue weighted by Gasteiger charge is 2.21. The summed E-state index contributed by atoms with van der Waals surface area (Å²) in [4.78, 5) is 14.9. The van der Waals surface area contributed by atoms with E-state index in [-0.39, 0.29) is 0 Å². The molecule has 0 fully saturated rings. The highest BCUT2D eigenvalue weighted by molar-refractivity contribution is 6.06. The van der Waals surface area contributed by atoms with Crippen molar-refractivity contribution in [3.05, 3.63) is 127 Å². The van der Waals surface area contributed by atoms with Gasteiger partial charge in [-0.2, -0.15) is 0 Å². The molecule has 0 amide bonds. The van der Waals surface area contributed by atoms with Crippen molar-refractivity contribution in [2.45, 2.75) is 0 Å². The summed E-state index contributed by atoms with van der Waals surface area (Å²) >= 11 is 0. The fourth-order valence-electron chi connectivity index (χ4n) is 5.92. The average Bonchev–Trinajstić information content (AvgIpc) is 3.43. The normalized spacial score (nSPS) is 12.0. The summed E-state index contributed by atoms with van der Waals surface area (Å²) in [5.74, 6) is 3.48. The first kappa shape index (κ1) is 22.9. The fraction of sp³-hybridized carbons (Fsp3) is 0. The standard InChI is InChI=1S/C37H21N3O2/c1-2-8-23(9-3-1)35-38-36(40-37(39-35)25-16-18-27-26-12-4-5-14-30(26)42-33(27)21-25)24-17-19-31-29(20-24)28-13-6-10-22-11-7-15-32(41-31)34(22)28/h1-21H. The van der Waals surface area contributed by atoms with Crippen LogP contribution in [0.25, 0.3) is 78.0 Å². The van der Waals surface area contributed by atoms with Crippen LogP contribution >= 0.6 is 0 Å². The Kier molecular flexibility index (Phi) is 4.83. The minimum atomic E-state index is 0.586. The van der Waals surface area contributed by atoms with Gasteiger partial charge in [-0.3, -0.25) is 0 Å². The van der Waals surface area contributed by atoms with Gasteiger partial charge in [0.15, 0.2) is 17.5 Å². The lowest BCUT2D eigenvalue weighted by Crippen LogP contribution is -2.01. The smallest absolute Gasteiger partial charge is 0.164 e. The van der Waals surface area contributed by atoms with E-state index < -0.39 is 0 Å². The van der Waals surface area contributed by atoms with Gasteiger partial charge in [0.1, 0.15) is 22.7 Å². The molecule has 0 aliphatic carbocycles. The van der Waals surface area contributed by atoms with Gasteiger partial charge in [-0.15, -0.1) is 0 Å². The van der Waals surface area contributed by atoms with E-state index in [1.54, 1.807) is 0 Å². The van der Waals surface area contributed by atoms with Crippen LogP contribution in [0, 0.1) is 0 Å². The van der Waals surface area contributed by atoms with Crippen molar-refractivity contribution in [1.29, 1.82) is 0 Å². The number of hydrogen-bond donors (Lipinski definition) is 0. The molecule has 1 aliphatic rings. The van der Waals surface area contributed by atoms with Crippen LogP contribution in [0.15, 0.2) is 132 Å². The van der Waals surface area contributed by atoms with E-state index in [4.69, 9.17) is 24.1 Å². The van der Waals surface area contributed by atoms with Gasteiger partial charge in [-0.05, 0) is 53.4 Å². The molecule has 2 aromatic heterocycles. The molecule has 3 heterocycles. The minimum Gasteiger partial charge on any atom is -0.456 e. The van der Waals surface area contributed by atoms with E-state index in [1.807, 2.05) is 78.9 Å². The second-order valence-electron chi connectivity index (χ2n) is 10.5. The van der Waals surface area contributed by atoms with Gasteiger partial charge in [0.05, 0.1) is 0 Å². The van der Waals surface area contributed by atoms with Gasteiger partial charge in [0.2, 0.25) is 0 Å². The van der Waals surface area contributed by atoms with E-state index in [0.29, 0.717) is 17.5 Å². The van der Waals surface area contributed by atoms with Gasteiger partial charge in [-0.25, -0.2) is 15.0 Å². The van der Waals surface area contributed by atoms with Crippen LogP contribution in [-0.4, -0.2) is 15.0 Å². The number of hydrogen-bond acceptors (Lipinski definition) is 5. The molecule has 0 saturated carbocycles. The van der Waals surface area contributed by atoms with Crippen molar-refractivity contribution in [1.82, 2.24) is 15.0 Å². The third-order valence-corrected chi connectivity index (χ3v) is 7.92. The minimum absolute atomic E-state index is 0.586. The third-order valence-electron chi connectivity index (χ3n) is 7.92. The number of fused-ring (bicyclic) bond motifs is 5. The van der Waals surface area contributed by atoms with E-state index in [1.165, 1.54) is 0 Å². The molecule has 0 spiro atoms. The Morgan fingerprint density at radius 1 is 0.429 bits per heavy atom. The molecular weight excluding hydrogens is 518 g/mol. The lowest BCUT2D eigenvalue weighted by Gasteiger charge is -2.21. The lowest BCUT2D eigenvalue weighted by atomic mass is 9.93. The van der Waals surface area contributed by atoms with Crippen molar-refractivity contribution in [2.24, 2.45) is 0 Å². The van der Waals surface area contributed by atoms with Crippen LogP contribution in [-0.2, 0) is 0 Å². The third kappa shape index (κ3) is 3.54. The quantitative estimate of drug-likeness (QED) is 0.224. The van der Waals surface area contributed by atoms with Crippen molar-refractivity contribution >= 4 is 32.7 Å². The number of ether oxygens (including phenoxy) is 1. The van der Waals surface area contributed by atoms with Crippen LogP contribution in [0.5, 0.6) is 11.5 Å². The van der Waals surface area contributed by atoms with Gasteiger partial charge in [0.25, 0.3) is 0 Å². The summed E-state index contributed by atoms with van der Waals surface area (Å²) in [6.45, 7) is 0. The van der Waals surface area contributed by atoms with E-state index in [2.05, 4.69) is 48.5 Å². The van der Waals surface area contributed by atoms with Gasteiger partial charge < -0.3 is 9.15 Å². The monoisotopic (exact) mass is 539 g/mol. The van der Waals surface area contributed by atoms with Crippen molar-refractivity contribution < 1.29 is 9.15 Å². The van der Waals surface area contributed by atoms with Gasteiger partial charge >= 0.3 is 0 Å². The molecule has 0 unspecified atom stereocenters. The molecule has 9 rings (SSSR count). The Bertz CT molecular complexity index is 2340. The zero-order chi connectivity index (χ0) is 27.6. The molecule has 1 aliphatic heterocycles. The largest absolute Gasteiger partial charge is 0.456 e. The van der Waals surface area contributed by atoms with Crippen LogP contribution in [0.1, 0.15) is 0 Å². The lowest BCUT2D eigenvalue weighted by molar-refractivity contribution is 0.487. The highest BCUT2D eigenvalue weighted by atomic mass is 16.5. The first-order valence-electron chi connectivity index (χ1n) is 13.9. The van der Waals surface area contributed by atoms with Crippen LogP contribution in [0.2, 0.25) is 0 Å². The van der Waals surface area contributed by atoms with Gasteiger partial charge in [-0.1, -0.05) is 84.9 Å². The number of furan rings is 1. The van der Waals surface area contributed by atoms with E-state index >= 15 is 0 Å². The Balaban J connectivity index is 1.23. The number of aromatic nitrogens is 3. The number of benzene rings is 6. The molecule has 6 aromatic carbocycles. The summed E-state index contributed by atoms with van der Waals surface area (Å²) in [7, 11) is 0. The molecule has 0 radical (unpaired) electrons. The summed E-state index contributed by atoms with van der Waals surface area (Å²) in [5.41, 5.74) is 6.49. The topological polar surface area (TPSA) is 61.0 Å². The van der Waals surface area contributed by atoms with Gasteiger partial charge in [0, 0.05) is 38.4 Å². The molecule has 5 heteroatoms. The zero-order valence-corrected chi connectivity index (χ0v) is 22.3.